The van der Waals surface area contributed by atoms with Crippen LogP contribution in [0.4, 0.5) is 0 Å². The molecular weight excluding hydrogens is 282 g/mol. The quantitative estimate of drug-likeness (QED) is 0.496. The summed E-state index contributed by atoms with van der Waals surface area (Å²) in [5.41, 5.74) is 3.85. The topological polar surface area (TPSA) is 58.4 Å². The third kappa shape index (κ3) is 3.80. The number of nitrogens with one attached hydrogen (secondary N) is 1. The summed E-state index contributed by atoms with van der Waals surface area (Å²) in [5, 5.41) is 0. The van der Waals surface area contributed by atoms with E-state index < -0.39 is 0 Å². The number of carbonyl (C=O) groups excluding carboxylic acids is 1. The van der Waals surface area contributed by atoms with Crippen LogP contribution >= 0.6 is 15.9 Å². The van der Waals surface area contributed by atoms with E-state index in [-0.39, 0.29) is 5.91 Å². The van der Waals surface area contributed by atoms with Gasteiger partial charge in [0.15, 0.2) is 0 Å². The second-order valence-corrected chi connectivity index (χ2v) is 4.60. The molecule has 0 unspecified atom stereocenters. The van der Waals surface area contributed by atoms with Crippen LogP contribution in [0.25, 0.3) is 0 Å². The number of nitrogen functional groups attached to an aromatic ring is 1. The van der Waals surface area contributed by atoms with Crippen LogP contribution < -0.4 is 11.3 Å². The van der Waals surface area contributed by atoms with E-state index in [0.29, 0.717) is 5.56 Å². The second kappa shape index (κ2) is 6.74. The Kier molecular flexibility index (Phi) is 5.61. The minimum atomic E-state index is -0.278. The number of nitrogens with two attached hydrogens (primary N) is 1. The zero-order chi connectivity index (χ0) is 12.8. The van der Waals surface area contributed by atoms with E-state index in [1.165, 1.54) is 5.56 Å². The Hall–Kier alpha value is -0.910. The van der Waals surface area contributed by atoms with Gasteiger partial charge in [-0.1, -0.05) is 35.8 Å². The summed E-state index contributed by atoms with van der Waals surface area (Å²) in [6, 6.07) is 5.53. The van der Waals surface area contributed by atoms with Crippen LogP contribution in [0.1, 0.15) is 29.8 Å². The Morgan fingerprint density at radius 3 is 2.53 bits per heavy atom. The summed E-state index contributed by atoms with van der Waals surface area (Å²) in [6.07, 6.45) is 0. The average molecular weight is 300 g/mol. The van der Waals surface area contributed by atoms with Gasteiger partial charge in [-0.15, -0.1) is 0 Å². The van der Waals surface area contributed by atoms with E-state index in [0.717, 1.165) is 24.1 Å². The molecule has 0 atom stereocenters. The molecule has 1 amide bonds. The van der Waals surface area contributed by atoms with E-state index in [2.05, 4.69) is 40.1 Å². The lowest BCUT2D eigenvalue weighted by atomic mass is 10.1. The predicted octanol–water partition coefficient (Wildman–Crippen LogP) is 1.89. The van der Waals surface area contributed by atoms with Crippen molar-refractivity contribution >= 4 is 21.8 Å². The molecule has 0 saturated heterocycles. The molecule has 5 heteroatoms. The number of carbonyl (C=O) groups is 1. The molecule has 0 spiro atoms. The number of hydrogen-bond acceptors (Lipinski definition) is 3. The van der Waals surface area contributed by atoms with Crippen LogP contribution in [0.3, 0.4) is 0 Å². The molecule has 0 heterocycles. The maximum absolute atomic E-state index is 11.3. The van der Waals surface area contributed by atoms with Gasteiger partial charge in [0.25, 0.3) is 5.91 Å². The van der Waals surface area contributed by atoms with Crippen molar-refractivity contribution in [1.82, 2.24) is 10.3 Å². The number of hydrazine groups is 1. The Morgan fingerprint density at radius 2 is 2.06 bits per heavy atom. The number of benzene rings is 1. The standard InChI is InChI=1S/C12H18BrN3O/c1-3-16(4-2)8-10-6-5-9(7-11(10)13)12(17)15-14/h5-7H,3-4,8,14H2,1-2H3,(H,15,17). The number of halogens is 1. The monoisotopic (exact) mass is 299 g/mol. The Bertz CT molecular complexity index is 391. The molecule has 0 aliphatic heterocycles. The first-order valence-corrected chi connectivity index (χ1v) is 6.43. The number of amides is 1. The summed E-state index contributed by atoms with van der Waals surface area (Å²) >= 11 is 3.48. The molecule has 17 heavy (non-hydrogen) atoms. The fourth-order valence-corrected chi connectivity index (χ4v) is 2.09. The highest BCUT2D eigenvalue weighted by molar-refractivity contribution is 9.10. The van der Waals surface area contributed by atoms with Crippen molar-refractivity contribution in [3.63, 3.8) is 0 Å². The molecule has 4 nitrogen and oxygen atoms in total. The summed E-state index contributed by atoms with van der Waals surface area (Å²) in [4.78, 5) is 13.7. The normalized spacial score (nSPS) is 10.6. The average Bonchev–Trinajstić information content (AvgIpc) is 2.36. The van der Waals surface area contributed by atoms with Gasteiger partial charge in [0.2, 0.25) is 0 Å². The molecular formula is C12H18BrN3O. The molecule has 0 aliphatic carbocycles. The fourth-order valence-electron chi connectivity index (χ4n) is 1.59. The molecule has 0 fully saturated rings. The minimum Gasteiger partial charge on any atom is -0.300 e. The maximum atomic E-state index is 11.3. The second-order valence-electron chi connectivity index (χ2n) is 3.74. The molecule has 3 N–H and O–H groups in total. The Balaban J connectivity index is 2.86. The molecule has 0 saturated carbocycles. The van der Waals surface area contributed by atoms with Crippen LogP contribution in [-0.4, -0.2) is 23.9 Å². The van der Waals surface area contributed by atoms with E-state index in [1.807, 2.05) is 6.07 Å². The van der Waals surface area contributed by atoms with Gasteiger partial charge in [0.05, 0.1) is 0 Å². The first-order valence-electron chi connectivity index (χ1n) is 5.64. The Morgan fingerprint density at radius 1 is 1.41 bits per heavy atom. The van der Waals surface area contributed by atoms with Crippen molar-refractivity contribution in [3.05, 3.63) is 33.8 Å². The van der Waals surface area contributed by atoms with E-state index in [1.54, 1.807) is 12.1 Å². The summed E-state index contributed by atoms with van der Waals surface area (Å²) in [5.74, 6) is 4.82. The zero-order valence-electron chi connectivity index (χ0n) is 10.2. The SMILES string of the molecule is CCN(CC)Cc1ccc(C(=O)NN)cc1Br. The van der Waals surface area contributed by atoms with Gasteiger partial charge in [-0.2, -0.15) is 0 Å². The largest absolute Gasteiger partial charge is 0.300 e. The minimum absolute atomic E-state index is 0.278. The van der Waals surface area contributed by atoms with Gasteiger partial charge in [-0.3, -0.25) is 15.1 Å². The van der Waals surface area contributed by atoms with Gasteiger partial charge in [-0.25, -0.2) is 5.84 Å². The predicted molar refractivity (Wildman–Crippen MR) is 72.4 cm³/mol. The van der Waals surface area contributed by atoms with Crippen LogP contribution in [0.2, 0.25) is 0 Å². The number of rotatable bonds is 5. The lowest BCUT2D eigenvalue weighted by molar-refractivity contribution is 0.0953. The molecule has 1 rings (SSSR count). The molecule has 1 aromatic rings. The lowest BCUT2D eigenvalue weighted by Gasteiger charge is -2.19. The lowest BCUT2D eigenvalue weighted by Crippen LogP contribution is -2.30. The molecule has 1 aromatic carbocycles. The van der Waals surface area contributed by atoms with Crippen LogP contribution in [-0.2, 0) is 6.54 Å². The highest BCUT2D eigenvalue weighted by Gasteiger charge is 2.09. The van der Waals surface area contributed by atoms with Crippen molar-refractivity contribution < 1.29 is 4.79 Å². The first-order chi connectivity index (χ1) is 8.12. The van der Waals surface area contributed by atoms with Crippen LogP contribution in [0, 0.1) is 0 Å². The van der Waals surface area contributed by atoms with Crippen LogP contribution in [0.15, 0.2) is 22.7 Å². The number of nitrogens with zero attached hydrogens (tertiary/aromatic N) is 1. The molecule has 0 aliphatic rings. The fraction of sp³-hybridized carbons (Fsp3) is 0.417. The van der Waals surface area contributed by atoms with Crippen molar-refractivity contribution in [2.45, 2.75) is 20.4 Å². The van der Waals surface area contributed by atoms with Gasteiger partial charge in [0, 0.05) is 16.6 Å². The van der Waals surface area contributed by atoms with Crippen molar-refractivity contribution in [2.75, 3.05) is 13.1 Å². The van der Waals surface area contributed by atoms with E-state index >= 15 is 0 Å². The van der Waals surface area contributed by atoms with Crippen molar-refractivity contribution in [1.29, 1.82) is 0 Å². The maximum Gasteiger partial charge on any atom is 0.265 e. The van der Waals surface area contributed by atoms with Gasteiger partial charge in [-0.05, 0) is 30.8 Å². The van der Waals surface area contributed by atoms with Gasteiger partial charge >= 0.3 is 0 Å². The summed E-state index contributed by atoms with van der Waals surface area (Å²) in [7, 11) is 0. The van der Waals surface area contributed by atoms with Crippen molar-refractivity contribution in [2.24, 2.45) is 5.84 Å². The summed E-state index contributed by atoms with van der Waals surface area (Å²) < 4.78 is 0.936. The zero-order valence-corrected chi connectivity index (χ0v) is 11.8. The molecule has 0 radical (unpaired) electrons. The van der Waals surface area contributed by atoms with Gasteiger partial charge in [0.1, 0.15) is 0 Å². The van der Waals surface area contributed by atoms with E-state index in [4.69, 9.17) is 5.84 Å². The molecule has 0 aromatic heterocycles. The highest BCUT2D eigenvalue weighted by atomic mass is 79.9. The van der Waals surface area contributed by atoms with Crippen molar-refractivity contribution in [3.8, 4) is 0 Å². The van der Waals surface area contributed by atoms with Crippen LogP contribution in [0.5, 0.6) is 0 Å². The smallest absolute Gasteiger partial charge is 0.265 e. The molecule has 94 valence electrons. The third-order valence-electron chi connectivity index (χ3n) is 2.73. The highest BCUT2D eigenvalue weighted by Crippen LogP contribution is 2.20. The number of hydrogen-bond donors (Lipinski definition) is 2. The first kappa shape index (κ1) is 14.2. The summed E-state index contributed by atoms with van der Waals surface area (Å²) in [6.45, 7) is 7.15. The third-order valence-corrected chi connectivity index (χ3v) is 3.47. The Labute approximate surface area is 110 Å². The van der Waals surface area contributed by atoms with E-state index in [9.17, 15) is 4.79 Å². The van der Waals surface area contributed by atoms with Gasteiger partial charge < -0.3 is 0 Å². The molecule has 0 bridgehead atoms.